The van der Waals surface area contributed by atoms with Crippen LogP contribution in [0.3, 0.4) is 0 Å². The third-order valence-electron chi connectivity index (χ3n) is 2.22. The number of ether oxygens (including phenoxy) is 1. The van der Waals surface area contributed by atoms with Gasteiger partial charge in [0.1, 0.15) is 11.8 Å². The second-order valence-electron chi connectivity index (χ2n) is 3.49. The van der Waals surface area contributed by atoms with Gasteiger partial charge >= 0.3 is 5.97 Å². The van der Waals surface area contributed by atoms with E-state index in [0.717, 1.165) is 7.11 Å². The van der Waals surface area contributed by atoms with Crippen LogP contribution >= 0.6 is 0 Å². The van der Waals surface area contributed by atoms with E-state index in [0.29, 0.717) is 12.1 Å². The highest BCUT2D eigenvalue weighted by molar-refractivity contribution is 5.76. The predicted octanol–water partition coefficient (Wildman–Crippen LogP) is 1.97. The summed E-state index contributed by atoms with van der Waals surface area (Å²) in [5.41, 5.74) is -0.331. The summed E-state index contributed by atoms with van der Waals surface area (Å²) < 4.78 is 43.2. The lowest BCUT2D eigenvalue weighted by atomic mass is 10.0. The quantitative estimate of drug-likeness (QED) is 0.471. The second-order valence-corrected chi connectivity index (χ2v) is 3.49. The molecule has 0 fully saturated rings. The minimum absolute atomic E-state index is 0.105. The Labute approximate surface area is 101 Å². The van der Waals surface area contributed by atoms with Gasteiger partial charge in [0.25, 0.3) is 0 Å². The maximum absolute atomic E-state index is 13.3. The summed E-state index contributed by atoms with van der Waals surface area (Å²) in [6.07, 6.45) is -0.708. The van der Waals surface area contributed by atoms with Crippen molar-refractivity contribution in [3.63, 3.8) is 0 Å². The van der Waals surface area contributed by atoms with E-state index in [2.05, 4.69) is 4.74 Å². The SMILES string of the molecule is COC(=O)CC(=C=O)Cc1cc(F)c(F)cc1F. The Morgan fingerprint density at radius 2 is 1.83 bits per heavy atom. The molecule has 0 spiro atoms. The molecule has 18 heavy (non-hydrogen) atoms. The van der Waals surface area contributed by atoms with E-state index in [1.807, 2.05) is 0 Å². The fourth-order valence-electron chi connectivity index (χ4n) is 1.31. The van der Waals surface area contributed by atoms with Crippen LogP contribution in [0.1, 0.15) is 12.0 Å². The maximum atomic E-state index is 13.3. The van der Waals surface area contributed by atoms with Crippen LogP contribution in [-0.2, 0) is 20.7 Å². The fourth-order valence-corrected chi connectivity index (χ4v) is 1.31. The highest BCUT2D eigenvalue weighted by atomic mass is 19.2. The van der Waals surface area contributed by atoms with Gasteiger partial charge < -0.3 is 4.74 Å². The van der Waals surface area contributed by atoms with Crippen molar-refractivity contribution in [2.24, 2.45) is 0 Å². The molecule has 0 atom stereocenters. The molecule has 1 aromatic carbocycles. The molecule has 0 saturated carbocycles. The summed E-state index contributed by atoms with van der Waals surface area (Å²) in [7, 11) is 1.13. The van der Waals surface area contributed by atoms with Crippen molar-refractivity contribution in [2.75, 3.05) is 7.11 Å². The van der Waals surface area contributed by atoms with Gasteiger partial charge in [0.05, 0.1) is 13.5 Å². The number of esters is 1. The average molecular weight is 258 g/mol. The van der Waals surface area contributed by atoms with Crippen LogP contribution in [0.2, 0.25) is 0 Å². The van der Waals surface area contributed by atoms with E-state index in [1.165, 1.54) is 5.94 Å². The van der Waals surface area contributed by atoms with Gasteiger partial charge in [-0.15, -0.1) is 0 Å². The molecule has 96 valence electrons. The van der Waals surface area contributed by atoms with Crippen molar-refractivity contribution in [3.8, 4) is 0 Å². The molecule has 6 heteroatoms. The molecule has 1 aromatic rings. The number of rotatable bonds is 4. The van der Waals surface area contributed by atoms with Crippen LogP contribution in [0.25, 0.3) is 0 Å². The zero-order chi connectivity index (χ0) is 13.7. The number of hydrogen-bond acceptors (Lipinski definition) is 3. The first-order valence-electron chi connectivity index (χ1n) is 4.91. The minimum Gasteiger partial charge on any atom is -0.469 e. The van der Waals surface area contributed by atoms with Gasteiger partial charge in [-0.05, 0) is 11.6 Å². The standard InChI is InChI=1S/C12H9F3O3/c1-18-12(17)3-7(6-16)2-8-4-10(14)11(15)5-9(8)13/h4-5H,2-3H2,1H3. The molecule has 0 heterocycles. The molecular formula is C12H9F3O3. The van der Waals surface area contributed by atoms with E-state index in [4.69, 9.17) is 0 Å². The van der Waals surface area contributed by atoms with Gasteiger partial charge in [-0.3, -0.25) is 4.79 Å². The molecule has 0 N–H and O–H groups in total. The molecule has 3 nitrogen and oxygen atoms in total. The van der Waals surface area contributed by atoms with Crippen LogP contribution in [0.15, 0.2) is 17.7 Å². The number of halogens is 3. The average Bonchev–Trinajstić information content (AvgIpc) is 2.34. The number of carbonyl (C=O) groups excluding carboxylic acids is 2. The summed E-state index contributed by atoms with van der Waals surface area (Å²) in [5.74, 6) is -2.78. The molecule has 0 bridgehead atoms. The van der Waals surface area contributed by atoms with Crippen LogP contribution in [0.4, 0.5) is 13.2 Å². The molecule has 0 unspecified atom stereocenters. The van der Waals surface area contributed by atoms with Gasteiger partial charge in [0.2, 0.25) is 0 Å². The number of hydrogen-bond donors (Lipinski definition) is 0. The third-order valence-corrected chi connectivity index (χ3v) is 2.22. The monoisotopic (exact) mass is 258 g/mol. The van der Waals surface area contributed by atoms with Crippen molar-refractivity contribution in [1.29, 1.82) is 0 Å². The van der Waals surface area contributed by atoms with Gasteiger partial charge in [0, 0.05) is 18.1 Å². The molecular weight excluding hydrogens is 249 g/mol. The van der Waals surface area contributed by atoms with Crippen molar-refractivity contribution in [1.82, 2.24) is 0 Å². The molecule has 0 aliphatic heterocycles. The lowest BCUT2D eigenvalue weighted by Gasteiger charge is -2.05. The second kappa shape index (κ2) is 6.02. The largest absolute Gasteiger partial charge is 0.469 e. The summed E-state index contributed by atoms with van der Waals surface area (Å²) in [6.45, 7) is 0. The first-order valence-corrected chi connectivity index (χ1v) is 4.91. The summed E-state index contributed by atoms with van der Waals surface area (Å²) in [6, 6.07) is 1.02. The van der Waals surface area contributed by atoms with Gasteiger partial charge in [-0.25, -0.2) is 18.0 Å². The van der Waals surface area contributed by atoms with E-state index in [9.17, 15) is 22.8 Å². The van der Waals surface area contributed by atoms with E-state index in [-0.39, 0.29) is 24.0 Å². The Morgan fingerprint density at radius 1 is 1.22 bits per heavy atom. The number of benzene rings is 1. The Hall–Kier alpha value is -2.07. The highest BCUT2D eigenvalue weighted by Crippen LogP contribution is 2.17. The van der Waals surface area contributed by atoms with E-state index in [1.54, 1.807) is 0 Å². The molecule has 0 saturated heterocycles. The Kier molecular flexibility index (Phi) is 4.68. The fraction of sp³-hybridized carbons (Fsp3) is 0.250. The summed E-state index contributed by atoms with van der Waals surface area (Å²) in [5, 5.41) is 0. The van der Waals surface area contributed by atoms with E-state index < -0.39 is 23.4 Å². The van der Waals surface area contributed by atoms with Gasteiger partial charge in [0.15, 0.2) is 11.6 Å². The topological polar surface area (TPSA) is 43.4 Å². The van der Waals surface area contributed by atoms with E-state index >= 15 is 0 Å². The maximum Gasteiger partial charge on any atom is 0.310 e. The Morgan fingerprint density at radius 3 is 2.39 bits per heavy atom. The Balaban J connectivity index is 2.93. The molecule has 1 rings (SSSR count). The van der Waals surface area contributed by atoms with Crippen molar-refractivity contribution >= 4 is 11.9 Å². The van der Waals surface area contributed by atoms with Crippen LogP contribution in [-0.4, -0.2) is 19.0 Å². The smallest absolute Gasteiger partial charge is 0.310 e. The number of methoxy groups -OCH3 is 1. The lowest BCUT2D eigenvalue weighted by molar-refractivity contribution is -0.139. The molecule has 0 amide bonds. The number of carbonyl (C=O) groups is 1. The van der Waals surface area contributed by atoms with Crippen molar-refractivity contribution < 1.29 is 27.5 Å². The first kappa shape index (κ1) is 14.0. The zero-order valence-corrected chi connectivity index (χ0v) is 9.43. The summed E-state index contributed by atoms with van der Waals surface area (Å²) in [4.78, 5) is 21.5. The summed E-state index contributed by atoms with van der Waals surface area (Å²) >= 11 is 0. The highest BCUT2D eigenvalue weighted by Gasteiger charge is 2.14. The molecule has 0 aliphatic carbocycles. The first-order chi connectivity index (χ1) is 8.47. The Bertz CT molecular complexity index is 520. The van der Waals surface area contributed by atoms with Gasteiger partial charge in [-0.1, -0.05) is 0 Å². The zero-order valence-electron chi connectivity index (χ0n) is 9.43. The molecule has 0 radical (unpaired) electrons. The molecule has 0 aliphatic rings. The molecule has 0 aromatic heterocycles. The predicted molar refractivity (Wildman–Crippen MR) is 55.9 cm³/mol. The third kappa shape index (κ3) is 3.46. The van der Waals surface area contributed by atoms with Crippen LogP contribution in [0, 0.1) is 17.5 Å². The van der Waals surface area contributed by atoms with Crippen LogP contribution < -0.4 is 0 Å². The minimum atomic E-state index is -1.32. The normalized spacial score (nSPS) is 9.78. The van der Waals surface area contributed by atoms with Crippen molar-refractivity contribution in [2.45, 2.75) is 12.8 Å². The lowest BCUT2D eigenvalue weighted by Crippen LogP contribution is -2.06. The van der Waals surface area contributed by atoms with Crippen LogP contribution in [0.5, 0.6) is 0 Å². The van der Waals surface area contributed by atoms with Gasteiger partial charge in [-0.2, -0.15) is 0 Å². The van der Waals surface area contributed by atoms with Crippen molar-refractivity contribution in [3.05, 3.63) is 40.7 Å².